The summed E-state index contributed by atoms with van der Waals surface area (Å²) in [4.78, 5) is 36.9. The second-order valence-electron chi connectivity index (χ2n) is 10.4. The molecular weight excluding hydrogens is 400 g/mol. The summed E-state index contributed by atoms with van der Waals surface area (Å²) in [5.41, 5.74) is 0.216. The minimum Gasteiger partial charge on any atom is -0.469 e. The summed E-state index contributed by atoms with van der Waals surface area (Å²) in [6.45, 7) is 4.17. The third kappa shape index (κ3) is 3.41. The molecule has 0 aromatic heterocycles. The van der Waals surface area contributed by atoms with Crippen LogP contribution in [-0.2, 0) is 19.1 Å². The molecule has 0 heterocycles. The van der Waals surface area contributed by atoms with Crippen LogP contribution in [0.2, 0.25) is 0 Å². The number of ether oxygens (including phenoxy) is 1. The van der Waals surface area contributed by atoms with Gasteiger partial charge in [-0.3, -0.25) is 14.4 Å². The van der Waals surface area contributed by atoms with Crippen LogP contribution < -0.4 is 0 Å². The van der Waals surface area contributed by atoms with Gasteiger partial charge in [-0.25, -0.2) is 0 Å². The summed E-state index contributed by atoms with van der Waals surface area (Å²) in [6.07, 6.45) is 9.06. The van der Waals surface area contributed by atoms with Crippen LogP contribution in [0.3, 0.4) is 0 Å². The van der Waals surface area contributed by atoms with Gasteiger partial charge in [-0.2, -0.15) is 0 Å². The highest BCUT2D eigenvalue weighted by Gasteiger charge is 2.62. The van der Waals surface area contributed by atoms with Gasteiger partial charge in [0.05, 0.1) is 13.5 Å². The molecule has 4 aliphatic rings. The van der Waals surface area contributed by atoms with Crippen molar-refractivity contribution in [3.63, 3.8) is 0 Å². The fourth-order valence-corrected chi connectivity index (χ4v) is 7.56. The van der Waals surface area contributed by atoms with E-state index >= 15 is 0 Å². The lowest BCUT2D eigenvalue weighted by Crippen LogP contribution is -2.54. The molecule has 3 N–H and O–H groups in total. The van der Waals surface area contributed by atoms with Gasteiger partial charge in [-0.15, -0.1) is 0 Å². The zero-order valence-corrected chi connectivity index (χ0v) is 18.3. The Kier molecular flexibility index (Phi) is 5.31. The van der Waals surface area contributed by atoms with Gasteiger partial charge >= 0.3 is 11.9 Å². The minimum absolute atomic E-state index is 0.0573. The van der Waals surface area contributed by atoms with Crippen molar-refractivity contribution in [2.24, 2.45) is 40.4 Å². The molecule has 0 aromatic rings. The largest absolute Gasteiger partial charge is 0.469 e. The second-order valence-corrected chi connectivity index (χ2v) is 10.4. The zero-order valence-electron chi connectivity index (χ0n) is 18.3. The number of carbonyl (C=O) groups is 3. The van der Waals surface area contributed by atoms with E-state index in [-0.39, 0.29) is 47.3 Å². The molecule has 170 valence electrons. The molecule has 3 fully saturated rings. The lowest BCUT2D eigenvalue weighted by molar-refractivity contribution is -0.291. The van der Waals surface area contributed by atoms with E-state index in [1.165, 1.54) is 7.11 Å². The van der Waals surface area contributed by atoms with Gasteiger partial charge in [-0.05, 0) is 73.3 Å². The average molecular weight is 433 g/mol. The molecule has 0 aromatic carbocycles. The van der Waals surface area contributed by atoms with Crippen molar-refractivity contribution in [2.45, 2.75) is 58.3 Å². The lowest BCUT2D eigenvalue weighted by atomic mass is 9.45. The first-order valence-electron chi connectivity index (χ1n) is 11.2. The Bertz CT molecular complexity index is 866. The minimum atomic E-state index is -3.31. The summed E-state index contributed by atoms with van der Waals surface area (Å²) >= 11 is 0. The first-order chi connectivity index (χ1) is 14.4. The molecule has 0 aliphatic heterocycles. The van der Waals surface area contributed by atoms with Gasteiger partial charge in [0, 0.05) is 11.3 Å². The average Bonchev–Trinajstić information content (AvgIpc) is 3.05. The third-order valence-corrected chi connectivity index (χ3v) is 9.01. The Hall–Kier alpha value is -1.83. The predicted molar refractivity (Wildman–Crippen MR) is 110 cm³/mol. The first kappa shape index (κ1) is 22.4. The first-order valence-corrected chi connectivity index (χ1v) is 11.2. The highest BCUT2D eigenvalue weighted by molar-refractivity contribution is 6.01. The van der Waals surface area contributed by atoms with Gasteiger partial charge in [-0.1, -0.05) is 25.5 Å². The van der Waals surface area contributed by atoms with E-state index < -0.39 is 23.1 Å². The van der Waals surface area contributed by atoms with Gasteiger partial charge in [0.15, 0.2) is 5.78 Å². The van der Waals surface area contributed by atoms with Crippen molar-refractivity contribution in [3.05, 3.63) is 23.8 Å². The zero-order chi connectivity index (χ0) is 22.8. The summed E-state index contributed by atoms with van der Waals surface area (Å²) < 4.78 is 4.92. The van der Waals surface area contributed by atoms with Crippen molar-refractivity contribution >= 4 is 17.5 Å². The van der Waals surface area contributed by atoms with E-state index in [4.69, 9.17) is 4.74 Å². The van der Waals surface area contributed by atoms with Crippen LogP contribution in [0, 0.1) is 40.4 Å². The number of hydrogen-bond donors (Lipinski definition) is 3. The molecule has 4 aliphatic carbocycles. The molecule has 7 atom stereocenters. The number of Topliss-reactive ketones (excluding diaryl/α,β-unsaturated/α-hetero) is 1. The fraction of sp³-hybridized carbons (Fsp3) is 0.708. The maximum absolute atomic E-state index is 12.6. The van der Waals surface area contributed by atoms with E-state index in [1.807, 2.05) is 13.0 Å². The van der Waals surface area contributed by atoms with Gasteiger partial charge in [0.1, 0.15) is 0 Å². The van der Waals surface area contributed by atoms with Crippen LogP contribution in [0.15, 0.2) is 23.8 Å². The smallest absolute Gasteiger partial charge is 0.339 e. The Morgan fingerprint density at radius 3 is 2.52 bits per heavy atom. The van der Waals surface area contributed by atoms with Crippen LogP contribution in [0.25, 0.3) is 0 Å². The topological polar surface area (TPSA) is 121 Å². The van der Waals surface area contributed by atoms with Gasteiger partial charge in [0.25, 0.3) is 0 Å². The maximum atomic E-state index is 12.6. The van der Waals surface area contributed by atoms with E-state index in [0.29, 0.717) is 6.42 Å². The summed E-state index contributed by atoms with van der Waals surface area (Å²) in [5.74, 6) is -4.69. The summed E-state index contributed by atoms with van der Waals surface area (Å²) in [7, 11) is 1.36. The van der Waals surface area contributed by atoms with Crippen molar-refractivity contribution in [1.82, 2.24) is 0 Å². The number of hydrogen-bond acceptors (Lipinski definition) is 7. The van der Waals surface area contributed by atoms with Crippen LogP contribution in [0.1, 0.15) is 52.4 Å². The van der Waals surface area contributed by atoms with E-state index in [2.05, 4.69) is 6.92 Å². The SMILES string of the molecule is COC(=O)CC1C[C@H]2[C@@H]3CC[C@H](C(=O)C(O)(O)O)[C@@]3(C)CC[C@@H]2[C@@]2(C)C=CC(=O)C=C12. The molecule has 0 saturated heterocycles. The number of esters is 1. The Morgan fingerprint density at radius 1 is 1.16 bits per heavy atom. The molecule has 7 heteroatoms. The highest BCUT2D eigenvalue weighted by atomic mass is 16.7. The van der Waals surface area contributed by atoms with Gasteiger partial charge < -0.3 is 20.1 Å². The number of ketones is 2. The number of fused-ring (bicyclic) bond motifs is 5. The van der Waals surface area contributed by atoms with Crippen LogP contribution in [-0.4, -0.2) is 45.9 Å². The normalized spacial score (nSPS) is 41.7. The number of aliphatic hydroxyl groups is 3. The molecule has 0 bridgehead atoms. The van der Waals surface area contributed by atoms with E-state index in [9.17, 15) is 29.7 Å². The molecular formula is C24H32O7. The Labute approximate surface area is 182 Å². The van der Waals surface area contributed by atoms with Crippen LogP contribution in [0.4, 0.5) is 0 Å². The number of allylic oxidation sites excluding steroid dienone is 4. The molecule has 0 radical (unpaired) electrons. The molecule has 7 nitrogen and oxygen atoms in total. The standard InChI is InChI=1S/C24H32O7/c1-22-9-7-17-15(16(22)4-5-18(22)21(27)24(28,29)30)10-13(11-20(26)31-3)19-12-14(25)6-8-23(17,19)2/h6,8,12-13,15-18,28-30H,4-5,7,9-11H2,1-3H3/t13?,15-,16-,17-,18+,22-,23+/m0/s1. The van der Waals surface area contributed by atoms with Crippen LogP contribution in [0.5, 0.6) is 0 Å². The molecule has 1 unspecified atom stereocenters. The highest BCUT2D eigenvalue weighted by Crippen LogP contribution is 2.67. The molecule has 0 spiro atoms. The number of rotatable bonds is 4. The van der Waals surface area contributed by atoms with Crippen molar-refractivity contribution in [2.75, 3.05) is 7.11 Å². The van der Waals surface area contributed by atoms with Gasteiger partial charge in [0.2, 0.25) is 5.78 Å². The number of carbonyl (C=O) groups excluding carboxylic acids is 3. The molecule has 31 heavy (non-hydrogen) atoms. The molecule has 0 amide bonds. The maximum Gasteiger partial charge on any atom is 0.339 e. The van der Waals surface area contributed by atoms with Crippen LogP contribution >= 0.6 is 0 Å². The molecule has 3 saturated carbocycles. The fourth-order valence-electron chi connectivity index (χ4n) is 7.56. The quantitative estimate of drug-likeness (QED) is 0.458. The summed E-state index contributed by atoms with van der Waals surface area (Å²) in [5, 5.41) is 28.6. The second kappa shape index (κ2) is 7.36. The van der Waals surface area contributed by atoms with Crippen molar-refractivity contribution in [3.8, 4) is 0 Å². The van der Waals surface area contributed by atoms with E-state index in [0.717, 1.165) is 31.3 Å². The van der Waals surface area contributed by atoms with Crippen molar-refractivity contribution < 1.29 is 34.4 Å². The lowest BCUT2D eigenvalue weighted by Gasteiger charge is -2.58. The monoisotopic (exact) mass is 432 g/mol. The summed E-state index contributed by atoms with van der Waals surface area (Å²) in [6, 6.07) is 0. The van der Waals surface area contributed by atoms with Crippen molar-refractivity contribution in [1.29, 1.82) is 0 Å². The predicted octanol–water partition coefficient (Wildman–Crippen LogP) is 1.90. The Balaban J connectivity index is 1.70. The molecule has 4 rings (SSSR count). The third-order valence-electron chi connectivity index (χ3n) is 9.01. The van der Waals surface area contributed by atoms with E-state index in [1.54, 1.807) is 12.2 Å². The number of methoxy groups -OCH3 is 1. The Morgan fingerprint density at radius 2 is 1.87 bits per heavy atom.